The number of amides is 1. The van der Waals surface area contributed by atoms with E-state index in [9.17, 15) is 4.79 Å². The number of hydrogen-bond donors (Lipinski definition) is 1. The minimum atomic E-state index is -0.545. The third-order valence-corrected chi connectivity index (χ3v) is 4.75. The SMILES string of the molecule is CCC(Oc1cccc(Cl)c1)C(=O)NCc1ccc(N2CCOCC2)cc1. The van der Waals surface area contributed by atoms with Crippen molar-refractivity contribution in [2.75, 3.05) is 31.2 Å². The van der Waals surface area contributed by atoms with Gasteiger partial charge in [0.25, 0.3) is 5.91 Å². The van der Waals surface area contributed by atoms with Crippen molar-refractivity contribution in [3.63, 3.8) is 0 Å². The fourth-order valence-corrected chi connectivity index (χ4v) is 3.16. The highest BCUT2D eigenvalue weighted by Gasteiger charge is 2.18. The Kier molecular flexibility index (Phi) is 6.96. The predicted molar refractivity (Wildman–Crippen MR) is 107 cm³/mol. The van der Waals surface area contributed by atoms with Crippen LogP contribution in [0.1, 0.15) is 18.9 Å². The molecular formula is C21H25ClN2O3. The first-order chi connectivity index (χ1) is 13.2. The molecule has 1 fully saturated rings. The van der Waals surface area contributed by atoms with Gasteiger partial charge in [-0.15, -0.1) is 0 Å². The maximum atomic E-state index is 12.5. The van der Waals surface area contributed by atoms with Crippen molar-refractivity contribution in [2.24, 2.45) is 0 Å². The van der Waals surface area contributed by atoms with Gasteiger partial charge in [-0.3, -0.25) is 4.79 Å². The van der Waals surface area contributed by atoms with Gasteiger partial charge < -0.3 is 19.7 Å². The molecule has 0 aromatic heterocycles. The van der Waals surface area contributed by atoms with E-state index >= 15 is 0 Å². The summed E-state index contributed by atoms with van der Waals surface area (Å²) < 4.78 is 11.2. The van der Waals surface area contributed by atoms with Crippen LogP contribution in [0, 0.1) is 0 Å². The first kappa shape index (κ1) is 19.5. The molecule has 2 aromatic carbocycles. The summed E-state index contributed by atoms with van der Waals surface area (Å²) in [6, 6.07) is 15.4. The van der Waals surface area contributed by atoms with Crippen LogP contribution >= 0.6 is 11.6 Å². The summed E-state index contributed by atoms with van der Waals surface area (Å²) in [7, 11) is 0. The van der Waals surface area contributed by atoms with Crippen LogP contribution in [-0.2, 0) is 16.1 Å². The number of morpholine rings is 1. The summed E-state index contributed by atoms with van der Waals surface area (Å²) in [5.74, 6) is 0.467. The first-order valence-corrected chi connectivity index (χ1v) is 9.65. The molecule has 1 amide bonds. The molecule has 1 unspecified atom stereocenters. The summed E-state index contributed by atoms with van der Waals surface area (Å²) in [4.78, 5) is 14.8. The van der Waals surface area contributed by atoms with Gasteiger partial charge in [0.1, 0.15) is 5.75 Å². The number of ether oxygens (including phenoxy) is 2. The van der Waals surface area contributed by atoms with E-state index in [4.69, 9.17) is 21.1 Å². The maximum Gasteiger partial charge on any atom is 0.261 e. The summed E-state index contributed by atoms with van der Waals surface area (Å²) >= 11 is 5.97. The largest absolute Gasteiger partial charge is 0.481 e. The standard InChI is InChI=1S/C21H25ClN2O3/c1-2-20(27-19-5-3-4-17(22)14-19)21(25)23-15-16-6-8-18(9-7-16)24-10-12-26-13-11-24/h3-9,14,20H,2,10-13,15H2,1H3,(H,23,25). The Balaban J connectivity index is 1.52. The Bertz CT molecular complexity index is 745. The molecule has 3 rings (SSSR count). The molecule has 0 radical (unpaired) electrons. The molecule has 1 aliphatic heterocycles. The Labute approximate surface area is 165 Å². The lowest BCUT2D eigenvalue weighted by Gasteiger charge is -2.29. The van der Waals surface area contributed by atoms with Crippen LogP contribution in [0.15, 0.2) is 48.5 Å². The summed E-state index contributed by atoms with van der Waals surface area (Å²) in [6.45, 7) is 5.75. The van der Waals surface area contributed by atoms with Gasteiger partial charge >= 0.3 is 0 Å². The van der Waals surface area contributed by atoms with Crippen molar-refractivity contribution < 1.29 is 14.3 Å². The molecule has 2 aromatic rings. The van der Waals surface area contributed by atoms with Crippen molar-refractivity contribution in [3.05, 3.63) is 59.1 Å². The average molecular weight is 389 g/mol. The summed E-state index contributed by atoms with van der Waals surface area (Å²) in [5.41, 5.74) is 2.24. The van der Waals surface area contributed by atoms with Crippen molar-refractivity contribution in [2.45, 2.75) is 26.0 Å². The minimum absolute atomic E-state index is 0.130. The molecule has 0 spiro atoms. The van der Waals surface area contributed by atoms with Crippen LogP contribution in [0.4, 0.5) is 5.69 Å². The van der Waals surface area contributed by atoms with Crippen molar-refractivity contribution >= 4 is 23.2 Å². The second-order valence-electron chi connectivity index (χ2n) is 6.46. The number of rotatable bonds is 7. The lowest BCUT2D eigenvalue weighted by Crippen LogP contribution is -2.37. The summed E-state index contributed by atoms with van der Waals surface area (Å²) in [5, 5.41) is 3.54. The average Bonchev–Trinajstić information content (AvgIpc) is 2.71. The second-order valence-corrected chi connectivity index (χ2v) is 6.89. The summed E-state index contributed by atoms with van der Waals surface area (Å²) in [6.07, 6.45) is 0.0324. The number of halogens is 1. The molecule has 0 bridgehead atoms. The van der Waals surface area contributed by atoms with Crippen molar-refractivity contribution in [1.82, 2.24) is 5.32 Å². The van der Waals surface area contributed by atoms with Crippen LogP contribution < -0.4 is 15.0 Å². The molecular weight excluding hydrogens is 364 g/mol. The second kappa shape index (κ2) is 9.62. The van der Waals surface area contributed by atoms with Crippen LogP contribution in [-0.4, -0.2) is 38.3 Å². The van der Waals surface area contributed by atoms with Gasteiger partial charge in [-0.1, -0.05) is 36.7 Å². The normalized spacial score (nSPS) is 15.3. The highest BCUT2D eigenvalue weighted by molar-refractivity contribution is 6.30. The molecule has 1 N–H and O–H groups in total. The zero-order valence-electron chi connectivity index (χ0n) is 15.5. The minimum Gasteiger partial charge on any atom is -0.481 e. The van der Waals surface area contributed by atoms with E-state index < -0.39 is 6.10 Å². The molecule has 144 valence electrons. The van der Waals surface area contributed by atoms with E-state index in [0.29, 0.717) is 23.7 Å². The predicted octanol–water partition coefficient (Wildman–Crippen LogP) is 3.65. The Morgan fingerprint density at radius 2 is 1.96 bits per heavy atom. The molecule has 6 heteroatoms. The van der Waals surface area contributed by atoms with E-state index in [0.717, 1.165) is 31.9 Å². The maximum absolute atomic E-state index is 12.5. The molecule has 1 atom stereocenters. The fraction of sp³-hybridized carbons (Fsp3) is 0.381. The number of benzene rings is 2. The van der Waals surface area contributed by atoms with Crippen molar-refractivity contribution in [1.29, 1.82) is 0 Å². The highest BCUT2D eigenvalue weighted by Crippen LogP contribution is 2.20. The number of carbonyl (C=O) groups is 1. The van der Waals surface area contributed by atoms with Crippen LogP contribution in [0.25, 0.3) is 0 Å². The molecule has 1 saturated heterocycles. The zero-order valence-corrected chi connectivity index (χ0v) is 16.2. The quantitative estimate of drug-likeness (QED) is 0.786. The number of nitrogens with zero attached hydrogens (tertiary/aromatic N) is 1. The smallest absolute Gasteiger partial charge is 0.261 e. The van der Waals surface area contributed by atoms with Gasteiger partial charge in [-0.25, -0.2) is 0 Å². The van der Waals surface area contributed by atoms with Crippen molar-refractivity contribution in [3.8, 4) is 5.75 Å². The van der Waals surface area contributed by atoms with E-state index in [2.05, 4.69) is 22.3 Å². The van der Waals surface area contributed by atoms with E-state index in [1.807, 2.05) is 19.1 Å². The van der Waals surface area contributed by atoms with E-state index in [1.54, 1.807) is 24.3 Å². The number of nitrogens with one attached hydrogen (secondary N) is 1. The van der Waals surface area contributed by atoms with E-state index in [-0.39, 0.29) is 5.91 Å². The Morgan fingerprint density at radius 1 is 1.22 bits per heavy atom. The van der Waals surface area contributed by atoms with Gasteiger partial charge in [0.05, 0.1) is 13.2 Å². The lowest BCUT2D eigenvalue weighted by molar-refractivity contribution is -0.128. The topological polar surface area (TPSA) is 50.8 Å². The highest BCUT2D eigenvalue weighted by atomic mass is 35.5. The Hall–Kier alpha value is -2.24. The first-order valence-electron chi connectivity index (χ1n) is 9.27. The molecule has 1 heterocycles. The van der Waals surface area contributed by atoms with Gasteiger partial charge in [-0.05, 0) is 42.3 Å². The van der Waals surface area contributed by atoms with Crippen LogP contribution in [0.5, 0.6) is 5.75 Å². The van der Waals surface area contributed by atoms with Gasteiger partial charge in [0, 0.05) is 30.3 Å². The number of carbonyl (C=O) groups excluding carboxylic acids is 1. The van der Waals surface area contributed by atoms with Crippen LogP contribution in [0.2, 0.25) is 5.02 Å². The third kappa shape index (κ3) is 5.62. The van der Waals surface area contributed by atoms with Crippen LogP contribution in [0.3, 0.4) is 0 Å². The molecule has 0 saturated carbocycles. The molecule has 1 aliphatic rings. The zero-order chi connectivity index (χ0) is 19.1. The Morgan fingerprint density at radius 3 is 2.63 bits per heavy atom. The third-order valence-electron chi connectivity index (χ3n) is 4.52. The van der Waals surface area contributed by atoms with E-state index in [1.165, 1.54) is 5.69 Å². The van der Waals surface area contributed by atoms with Gasteiger partial charge in [-0.2, -0.15) is 0 Å². The molecule has 5 nitrogen and oxygen atoms in total. The number of hydrogen-bond acceptors (Lipinski definition) is 4. The monoisotopic (exact) mass is 388 g/mol. The fourth-order valence-electron chi connectivity index (χ4n) is 2.98. The molecule has 27 heavy (non-hydrogen) atoms. The van der Waals surface area contributed by atoms with Gasteiger partial charge in [0.15, 0.2) is 6.10 Å². The van der Waals surface area contributed by atoms with Gasteiger partial charge in [0.2, 0.25) is 0 Å². The number of anilines is 1. The lowest BCUT2D eigenvalue weighted by atomic mass is 10.1. The molecule has 0 aliphatic carbocycles.